The minimum absolute atomic E-state index is 0.0763. The SMILES string of the molecule is CCCN(C[C@H]1CCOC1)C(=O)NCC(C)C. The molecular formula is C13H26N2O2. The van der Waals surface area contributed by atoms with Crippen molar-refractivity contribution in [3.05, 3.63) is 0 Å². The first-order valence-electron chi connectivity index (χ1n) is 6.74. The van der Waals surface area contributed by atoms with Crippen LogP contribution in [-0.2, 0) is 4.74 Å². The van der Waals surface area contributed by atoms with Crippen molar-refractivity contribution >= 4 is 6.03 Å². The monoisotopic (exact) mass is 242 g/mol. The average molecular weight is 242 g/mol. The van der Waals surface area contributed by atoms with Crippen molar-refractivity contribution in [1.82, 2.24) is 10.2 Å². The van der Waals surface area contributed by atoms with E-state index in [2.05, 4.69) is 26.1 Å². The summed E-state index contributed by atoms with van der Waals surface area (Å²) in [7, 11) is 0. The number of ether oxygens (including phenoxy) is 1. The maximum Gasteiger partial charge on any atom is 0.317 e. The van der Waals surface area contributed by atoms with Gasteiger partial charge < -0.3 is 15.0 Å². The lowest BCUT2D eigenvalue weighted by atomic mass is 10.1. The van der Waals surface area contributed by atoms with E-state index in [1.54, 1.807) is 0 Å². The molecule has 1 atom stereocenters. The first-order valence-corrected chi connectivity index (χ1v) is 6.74. The third kappa shape index (κ3) is 5.39. The standard InChI is InChI=1S/C13H26N2O2/c1-4-6-15(9-12-5-7-17-10-12)13(16)14-8-11(2)3/h11-12H,4-10H2,1-3H3,(H,14,16)/t12-/m1/s1. The summed E-state index contributed by atoms with van der Waals surface area (Å²) < 4.78 is 5.36. The maximum atomic E-state index is 12.0. The third-order valence-electron chi connectivity index (χ3n) is 2.94. The van der Waals surface area contributed by atoms with E-state index in [9.17, 15) is 4.79 Å². The fraction of sp³-hybridized carbons (Fsp3) is 0.923. The Kier molecular flexibility index (Phi) is 6.34. The van der Waals surface area contributed by atoms with Crippen LogP contribution in [0.4, 0.5) is 4.79 Å². The van der Waals surface area contributed by atoms with Crippen LogP contribution in [0.1, 0.15) is 33.6 Å². The Morgan fingerprint density at radius 2 is 2.29 bits per heavy atom. The molecule has 1 N–H and O–H groups in total. The summed E-state index contributed by atoms with van der Waals surface area (Å²) in [6.07, 6.45) is 2.08. The minimum Gasteiger partial charge on any atom is -0.381 e. The van der Waals surface area contributed by atoms with Gasteiger partial charge >= 0.3 is 6.03 Å². The number of carbonyl (C=O) groups is 1. The van der Waals surface area contributed by atoms with Gasteiger partial charge in [-0.1, -0.05) is 20.8 Å². The van der Waals surface area contributed by atoms with Gasteiger partial charge in [-0.15, -0.1) is 0 Å². The molecule has 0 bridgehead atoms. The molecule has 0 aliphatic carbocycles. The molecule has 1 aliphatic heterocycles. The van der Waals surface area contributed by atoms with E-state index in [4.69, 9.17) is 4.74 Å². The van der Waals surface area contributed by atoms with Crippen LogP contribution in [0.5, 0.6) is 0 Å². The molecule has 2 amide bonds. The number of hydrogen-bond acceptors (Lipinski definition) is 2. The van der Waals surface area contributed by atoms with Crippen LogP contribution in [0.25, 0.3) is 0 Å². The van der Waals surface area contributed by atoms with Crippen LogP contribution < -0.4 is 5.32 Å². The van der Waals surface area contributed by atoms with Crippen LogP contribution in [-0.4, -0.2) is 43.8 Å². The van der Waals surface area contributed by atoms with Crippen LogP contribution >= 0.6 is 0 Å². The Hall–Kier alpha value is -0.770. The average Bonchev–Trinajstić information content (AvgIpc) is 2.78. The molecule has 1 rings (SSSR count). The Morgan fingerprint density at radius 1 is 1.53 bits per heavy atom. The number of rotatable bonds is 6. The van der Waals surface area contributed by atoms with Crippen molar-refractivity contribution in [2.24, 2.45) is 11.8 Å². The van der Waals surface area contributed by atoms with Gasteiger partial charge in [0.2, 0.25) is 0 Å². The van der Waals surface area contributed by atoms with Gasteiger partial charge in [0.1, 0.15) is 0 Å². The van der Waals surface area contributed by atoms with E-state index >= 15 is 0 Å². The Bertz CT molecular complexity index is 225. The molecule has 1 fully saturated rings. The minimum atomic E-state index is 0.0763. The molecule has 17 heavy (non-hydrogen) atoms. The van der Waals surface area contributed by atoms with Crippen molar-refractivity contribution in [3.63, 3.8) is 0 Å². The Balaban J connectivity index is 2.37. The van der Waals surface area contributed by atoms with Gasteiger partial charge in [0, 0.05) is 32.2 Å². The van der Waals surface area contributed by atoms with E-state index in [-0.39, 0.29) is 6.03 Å². The quantitative estimate of drug-likeness (QED) is 0.775. The fourth-order valence-corrected chi connectivity index (χ4v) is 1.99. The van der Waals surface area contributed by atoms with Crippen LogP contribution in [0.2, 0.25) is 0 Å². The third-order valence-corrected chi connectivity index (χ3v) is 2.94. The molecule has 4 nitrogen and oxygen atoms in total. The first-order chi connectivity index (χ1) is 8.13. The van der Waals surface area contributed by atoms with Crippen molar-refractivity contribution in [3.8, 4) is 0 Å². The smallest absolute Gasteiger partial charge is 0.317 e. The Labute approximate surface area is 105 Å². The summed E-state index contributed by atoms with van der Waals surface area (Å²) in [6, 6.07) is 0.0763. The highest BCUT2D eigenvalue weighted by atomic mass is 16.5. The van der Waals surface area contributed by atoms with Gasteiger partial charge in [0.25, 0.3) is 0 Å². The lowest BCUT2D eigenvalue weighted by Gasteiger charge is -2.25. The highest BCUT2D eigenvalue weighted by Gasteiger charge is 2.21. The summed E-state index contributed by atoms with van der Waals surface area (Å²) in [4.78, 5) is 13.9. The van der Waals surface area contributed by atoms with Gasteiger partial charge in [-0.25, -0.2) is 4.79 Å². The summed E-state index contributed by atoms with van der Waals surface area (Å²) in [5, 5.41) is 2.99. The second kappa shape index (κ2) is 7.54. The van der Waals surface area contributed by atoms with Gasteiger partial charge in [-0.3, -0.25) is 0 Å². The molecule has 0 unspecified atom stereocenters. The van der Waals surface area contributed by atoms with Gasteiger partial charge in [0.05, 0.1) is 6.61 Å². The van der Waals surface area contributed by atoms with E-state index in [0.717, 1.165) is 45.7 Å². The molecule has 1 saturated heterocycles. The van der Waals surface area contributed by atoms with E-state index < -0.39 is 0 Å². The number of urea groups is 1. The largest absolute Gasteiger partial charge is 0.381 e. The number of carbonyl (C=O) groups excluding carboxylic acids is 1. The number of amides is 2. The lowest BCUT2D eigenvalue weighted by Crippen LogP contribution is -2.44. The van der Waals surface area contributed by atoms with E-state index in [1.165, 1.54) is 0 Å². The van der Waals surface area contributed by atoms with Crippen molar-refractivity contribution < 1.29 is 9.53 Å². The van der Waals surface area contributed by atoms with Crippen LogP contribution in [0.15, 0.2) is 0 Å². The number of hydrogen-bond donors (Lipinski definition) is 1. The van der Waals surface area contributed by atoms with Gasteiger partial charge in [-0.05, 0) is 18.8 Å². The molecule has 4 heteroatoms. The zero-order valence-corrected chi connectivity index (χ0v) is 11.4. The molecule has 0 aromatic heterocycles. The topological polar surface area (TPSA) is 41.6 Å². The highest BCUT2D eigenvalue weighted by Crippen LogP contribution is 2.14. The predicted molar refractivity (Wildman–Crippen MR) is 69.0 cm³/mol. The van der Waals surface area contributed by atoms with Crippen molar-refractivity contribution in [1.29, 1.82) is 0 Å². The molecule has 0 aromatic carbocycles. The molecular weight excluding hydrogens is 216 g/mol. The first kappa shape index (κ1) is 14.3. The zero-order valence-electron chi connectivity index (χ0n) is 11.4. The zero-order chi connectivity index (χ0) is 12.7. The summed E-state index contributed by atoms with van der Waals surface area (Å²) in [6.45, 7) is 10.4. The Morgan fingerprint density at radius 3 is 2.82 bits per heavy atom. The van der Waals surface area contributed by atoms with Gasteiger partial charge in [-0.2, -0.15) is 0 Å². The predicted octanol–water partition coefficient (Wildman–Crippen LogP) is 2.10. The van der Waals surface area contributed by atoms with Gasteiger partial charge in [0.15, 0.2) is 0 Å². The molecule has 0 saturated carbocycles. The van der Waals surface area contributed by atoms with Crippen LogP contribution in [0.3, 0.4) is 0 Å². The van der Waals surface area contributed by atoms with Crippen molar-refractivity contribution in [2.75, 3.05) is 32.8 Å². The molecule has 100 valence electrons. The lowest BCUT2D eigenvalue weighted by molar-refractivity contribution is 0.164. The highest BCUT2D eigenvalue weighted by molar-refractivity contribution is 5.74. The molecule has 0 radical (unpaired) electrons. The van der Waals surface area contributed by atoms with Crippen molar-refractivity contribution in [2.45, 2.75) is 33.6 Å². The summed E-state index contributed by atoms with van der Waals surface area (Å²) >= 11 is 0. The number of nitrogens with zero attached hydrogens (tertiary/aromatic N) is 1. The molecule has 0 spiro atoms. The normalized spacial score (nSPS) is 19.6. The molecule has 0 aromatic rings. The second-order valence-electron chi connectivity index (χ2n) is 5.26. The maximum absolute atomic E-state index is 12.0. The summed E-state index contributed by atoms with van der Waals surface area (Å²) in [5.41, 5.74) is 0. The molecule has 1 heterocycles. The number of nitrogens with one attached hydrogen (secondary N) is 1. The van der Waals surface area contributed by atoms with Crippen LogP contribution in [0, 0.1) is 11.8 Å². The fourth-order valence-electron chi connectivity index (χ4n) is 1.99. The second-order valence-corrected chi connectivity index (χ2v) is 5.26. The van der Waals surface area contributed by atoms with E-state index in [0.29, 0.717) is 11.8 Å². The summed E-state index contributed by atoms with van der Waals surface area (Å²) in [5.74, 6) is 1.02. The molecule has 1 aliphatic rings. The van der Waals surface area contributed by atoms with E-state index in [1.807, 2.05) is 4.90 Å².